The number of rotatable bonds is 3. The number of piperazine rings is 1. The lowest BCUT2D eigenvalue weighted by Crippen LogP contribution is -2.48. The summed E-state index contributed by atoms with van der Waals surface area (Å²) in [7, 11) is 0. The van der Waals surface area contributed by atoms with Gasteiger partial charge in [0.25, 0.3) is 5.91 Å². The highest BCUT2D eigenvalue weighted by atomic mass is 19.4. The molecule has 4 nitrogen and oxygen atoms in total. The molecule has 0 aliphatic carbocycles. The van der Waals surface area contributed by atoms with Gasteiger partial charge in [-0.3, -0.25) is 14.7 Å². The molecule has 8 heteroatoms. The molecule has 156 valence electrons. The summed E-state index contributed by atoms with van der Waals surface area (Å²) in [6.07, 6.45) is -2.76. The number of benzene rings is 2. The van der Waals surface area contributed by atoms with Crippen molar-refractivity contribution in [3.05, 3.63) is 77.2 Å². The van der Waals surface area contributed by atoms with E-state index in [-0.39, 0.29) is 17.3 Å². The minimum absolute atomic E-state index is 0.233. The zero-order chi connectivity index (χ0) is 21.3. The summed E-state index contributed by atoms with van der Waals surface area (Å²) in [5, 5.41) is 0.739. The van der Waals surface area contributed by atoms with Crippen LogP contribution in [0.5, 0.6) is 0 Å². The number of fused-ring (bicyclic) bond motifs is 1. The van der Waals surface area contributed by atoms with Crippen LogP contribution in [-0.2, 0) is 12.7 Å². The average molecular weight is 417 g/mol. The number of pyridine rings is 1. The molecule has 0 N–H and O–H groups in total. The van der Waals surface area contributed by atoms with Gasteiger partial charge >= 0.3 is 6.18 Å². The lowest BCUT2D eigenvalue weighted by Gasteiger charge is -2.35. The van der Waals surface area contributed by atoms with Gasteiger partial charge < -0.3 is 4.90 Å². The van der Waals surface area contributed by atoms with Crippen LogP contribution < -0.4 is 0 Å². The summed E-state index contributed by atoms with van der Waals surface area (Å²) in [6, 6.07) is 10.8. The van der Waals surface area contributed by atoms with E-state index in [1.54, 1.807) is 17.2 Å². The Kier molecular flexibility index (Phi) is 5.42. The molecule has 4 rings (SSSR count). The molecule has 0 saturated carbocycles. The van der Waals surface area contributed by atoms with Crippen molar-refractivity contribution >= 4 is 16.8 Å². The predicted molar refractivity (Wildman–Crippen MR) is 104 cm³/mol. The highest BCUT2D eigenvalue weighted by molar-refractivity contribution is 5.94. The van der Waals surface area contributed by atoms with Crippen LogP contribution in [0, 0.1) is 5.82 Å². The van der Waals surface area contributed by atoms with E-state index >= 15 is 0 Å². The first kappa shape index (κ1) is 20.3. The largest absolute Gasteiger partial charge is 0.416 e. The van der Waals surface area contributed by atoms with E-state index in [2.05, 4.69) is 9.88 Å². The van der Waals surface area contributed by atoms with Crippen LogP contribution in [0.4, 0.5) is 17.6 Å². The van der Waals surface area contributed by atoms with Crippen LogP contribution in [0.1, 0.15) is 21.5 Å². The van der Waals surface area contributed by atoms with Gasteiger partial charge in [-0.2, -0.15) is 13.2 Å². The molecule has 1 aliphatic rings. The minimum Gasteiger partial charge on any atom is -0.336 e. The van der Waals surface area contributed by atoms with Gasteiger partial charge in [0, 0.05) is 49.9 Å². The van der Waals surface area contributed by atoms with Gasteiger partial charge in [0.1, 0.15) is 5.82 Å². The van der Waals surface area contributed by atoms with Crippen molar-refractivity contribution in [2.75, 3.05) is 26.2 Å². The summed E-state index contributed by atoms with van der Waals surface area (Å²) < 4.78 is 52.0. The molecule has 0 spiro atoms. The normalized spacial score (nSPS) is 15.5. The van der Waals surface area contributed by atoms with Crippen LogP contribution in [0.2, 0.25) is 0 Å². The van der Waals surface area contributed by atoms with Crippen molar-refractivity contribution in [1.29, 1.82) is 0 Å². The molecule has 0 unspecified atom stereocenters. The van der Waals surface area contributed by atoms with Crippen LogP contribution in [0.25, 0.3) is 10.9 Å². The lowest BCUT2D eigenvalue weighted by molar-refractivity contribution is -0.137. The standard InChI is InChI=1S/C22H19F4N3O/c23-19-12-16-2-1-7-27-20(16)17(13-19)14-28-8-10-29(11-9-28)21(30)15-3-5-18(6-4-15)22(24,25)26/h1-7,12-13H,8-11,14H2. The smallest absolute Gasteiger partial charge is 0.336 e. The number of nitrogens with zero attached hydrogens (tertiary/aromatic N) is 3. The molecule has 3 aromatic rings. The van der Waals surface area contributed by atoms with Crippen LogP contribution in [0.3, 0.4) is 0 Å². The van der Waals surface area contributed by atoms with Gasteiger partial charge in [-0.15, -0.1) is 0 Å². The summed E-state index contributed by atoms with van der Waals surface area (Å²) in [5.74, 6) is -0.608. The lowest BCUT2D eigenvalue weighted by atomic mass is 10.1. The van der Waals surface area contributed by atoms with Gasteiger partial charge in [-0.05, 0) is 48.0 Å². The van der Waals surface area contributed by atoms with E-state index < -0.39 is 11.7 Å². The number of hydrogen-bond donors (Lipinski definition) is 0. The van der Waals surface area contributed by atoms with E-state index in [1.807, 2.05) is 6.07 Å². The zero-order valence-corrected chi connectivity index (χ0v) is 16.0. The van der Waals surface area contributed by atoms with Crippen LogP contribution in [0.15, 0.2) is 54.7 Å². The third-order valence-electron chi connectivity index (χ3n) is 5.26. The van der Waals surface area contributed by atoms with E-state index in [0.717, 1.165) is 28.6 Å². The fraction of sp³-hybridized carbons (Fsp3) is 0.273. The number of aromatic nitrogens is 1. The Balaban J connectivity index is 1.40. The average Bonchev–Trinajstić information content (AvgIpc) is 2.73. The van der Waals surface area contributed by atoms with Gasteiger partial charge in [-0.25, -0.2) is 4.39 Å². The van der Waals surface area contributed by atoms with Gasteiger partial charge in [0.2, 0.25) is 0 Å². The van der Waals surface area contributed by atoms with Gasteiger partial charge in [0.15, 0.2) is 0 Å². The third-order valence-corrected chi connectivity index (χ3v) is 5.26. The van der Waals surface area contributed by atoms with Crippen LogP contribution >= 0.6 is 0 Å². The van der Waals surface area contributed by atoms with Crippen molar-refractivity contribution in [2.45, 2.75) is 12.7 Å². The van der Waals surface area contributed by atoms with E-state index in [9.17, 15) is 22.4 Å². The Hall–Kier alpha value is -3.00. The number of hydrogen-bond acceptors (Lipinski definition) is 3. The molecule has 0 radical (unpaired) electrons. The third kappa shape index (κ3) is 4.28. The molecule has 0 atom stereocenters. The molecule has 1 fully saturated rings. The molecule has 0 bridgehead atoms. The van der Waals surface area contributed by atoms with Gasteiger partial charge in [-0.1, -0.05) is 6.07 Å². The SMILES string of the molecule is O=C(c1ccc(C(F)(F)F)cc1)N1CCN(Cc2cc(F)cc3cccnc23)CC1. The van der Waals surface area contributed by atoms with E-state index in [0.29, 0.717) is 32.7 Å². The molecule has 30 heavy (non-hydrogen) atoms. The van der Waals surface area contributed by atoms with Crippen LogP contribution in [-0.4, -0.2) is 46.9 Å². The molecular weight excluding hydrogens is 398 g/mol. The summed E-state index contributed by atoms with van der Waals surface area (Å²) in [6.45, 7) is 2.56. The van der Waals surface area contributed by atoms with Crippen molar-refractivity contribution in [1.82, 2.24) is 14.8 Å². The number of amides is 1. The Labute approximate surface area is 170 Å². The van der Waals surface area contributed by atoms with Crippen molar-refractivity contribution in [3.8, 4) is 0 Å². The fourth-order valence-electron chi connectivity index (χ4n) is 3.68. The second kappa shape index (κ2) is 8.02. The number of alkyl halides is 3. The second-order valence-corrected chi connectivity index (χ2v) is 7.28. The maximum atomic E-state index is 13.9. The molecule has 2 aromatic carbocycles. The maximum Gasteiger partial charge on any atom is 0.416 e. The molecule has 1 saturated heterocycles. The van der Waals surface area contributed by atoms with Crippen molar-refractivity contribution < 1.29 is 22.4 Å². The molecular formula is C22H19F4N3O. The molecule has 1 aliphatic heterocycles. The first-order chi connectivity index (χ1) is 14.3. The summed E-state index contributed by atoms with van der Waals surface area (Å²) in [5.41, 5.74) is 0.992. The maximum absolute atomic E-state index is 13.9. The van der Waals surface area contributed by atoms with E-state index in [1.165, 1.54) is 24.3 Å². The Bertz CT molecular complexity index is 1060. The van der Waals surface area contributed by atoms with Gasteiger partial charge in [0.05, 0.1) is 11.1 Å². The number of carbonyl (C=O) groups excluding carboxylic acids is 1. The van der Waals surface area contributed by atoms with E-state index in [4.69, 9.17) is 0 Å². The summed E-state index contributed by atoms with van der Waals surface area (Å²) >= 11 is 0. The first-order valence-electron chi connectivity index (χ1n) is 9.53. The summed E-state index contributed by atoms with van der Waals surface area (Å²) in [4.78, 5) is 20.7. The number of carbonyl (C=O) groups is 1. The number of halogens is 4. The molecule has 2 heterocycles. The Morgan fingerprint density at radius 1 is 1.00 bits per heavy atom. The highest BCUT2D eigenvalue weighted by Crippen LogP contribution is 2.29. The minimum atomic E-state index is -4.43. The van der Waals surface area contributed by atoms with Crippen molar-refractivity contribution in [2.24, 2.45) is 0 Å². The fourth-order valence-corrected chi connectivity index (χ4v) is 3.68. The topological polar surface area (TPSA) is 36.4 Å². The Morgan fingerprint density at radius 2 is 1.70 bits per heavy atom. The molecule has 1 amide bonds. The monoisotopic (exact) mass is 417 g/mol. The second-order valence-electron chi connectivity index (χ2n) is 7.28. The quantitative estimate of drug-likeness (QED) is 0.595. The first-order valence-corrected chi connectivity index (χ1v) is 9.53. The Morgan fingerprint density at radius 3 is 2.37 bits per heavy atom. The van der Waals surface area contributed by atoms with Crippen molar-refractivity contribution in [3.63, 3.8) is 0 Å². The highest BCUT2D eigenvalue weighted by Gasteiger charge is 2.30. The zero-order valence-electron chi connectivity index (χ0n) is 16.0. The predicted octanol–water partition coefficient (Wildman–Crippen LogP) is 4.35. The molecule has 1 aromatic heterocycles.